The summed E-state index contributed by atoms with van der Waals surface area (Å²) in [6, 6.07) is 14.8. The van der Waals surface area contributed by atoms with E-state index in [0.29, 0.717) is 30.8 Å². The SMILES string of the molecule is O=C1NC(=O)N(c2ccc(Cl)cc2)C(=O)/C1=C/c1cc(Br)c(OCc2ccccc2F)c(Br)c1. The molecule has 1 N–H and O–H groups in total. The summed E-state index contributed by atoms with van der Waals surface area (Å²) in [4.78, 5) is 38.6. The van der Waals surface area contributed by atoms with Gasteiger partial charge < -0.3 is 4.74 Å². The van der Waals surface area contributed by atoms with Crippen LogP contribution in [0.25, 0.3) is 6.08 Å². The van der Waals surface area contributed by atoms with Gasteiger partial charge in [-0.25, -0.2) is 14.1 Å². The van der Waals surface area contributed by atoms with Gasteiger partial charge in [0.25, 0.3) is 11.8 Å². The maximum Gasteiger partial charge on any atom is 0.335 e. The van der Waals surface area contributed by atoms with Crippen molar-refractivity contribution in [2.75, 3.05) is 4.90 Å². The van der Waals surface area contributed by atoms with E-state index in [0.717, 1.165) is 4.90 Å². The Balaban J connectivity index is 1.61. The second-order valence-electron chi connectivity index (χ2n) is 7.13. The highest BCUT2D eigenvalue weighted by Gasteiger charge is 2.36. The first kappa shape index (κ1) is 24.1. The standard InChI is InChI=1S/C24H14Br2ClFN2O4/c25-18-10-13(11-19(26)21(18)34-12-14-3-1-2-4-20(14)28)9-17-22(31)29-24(33)30(23(17)32)16-7-5-15(27)6-8-16/h1-11H,12H2,(H,29,31,33)/b17-9+. The zero-order valence-corrected chi connectivity index (χ0v) is 21.1. The molecule has 1 fully saturated rings. The number of ether oxygens (including phenoxy) is 1. The van der Waals surface area contributed by atoms with Crippen molar-refractivity contribution < 1.29 is 23.5 Å². The van der Waals surface area contributed by atoms with E-state index in [4.69, 9.17) is 16.3 Å². The van der Waals surface area contributed by atoms with Gasteiger partial charge in [0.15, 0.2) is 0 Å². The van der Waals surface area contributed by atoms with Gasteiger partial charge in [-0.15, -0.1) is 0 Å². The fourth-order valence-corrected chi connectivity index (χ4v) is 4.79. The molecule has 0 unspecified atom stereocenters. The second-order valence-corrected chi connectivity index (χ2v) is 9.27. The molecule has 0 saturated carbocycles. The number of carbonyl (C=O) groups is 3. The largest absolute Gasteiger partial charge is 0.486 e. The molecule has 1 aliphatic heterocycles. The normalized spacial score (nSPS) is 15.0. The number of urea groups is 1. The van der Waals surface area contributed by atoms with Crippen molar-refractivity contribution in [1.29, 1.82) is 0 Å². The van der Waals surface area contributed by atoms with Crippen LogP contribution in [0.3, 0.4) is 0 Å². The van der Waals surface area contributed by atoms with Crippen molar-refractivity contribution in [3.63, 3.8) is 0 Å². The summed E-state index contributed by atoms with van der Waals surface area (Å²) in [5.41, 5.74) is 0.919. The molecule has 3 aromatic rings. The molecule has 0 aromatic heterocycles. The van der Waals surface area contributed by atoms with Gasteiger partial charge >= 0.3 is 6.03 Å². The lowest BCUT2D eigenvalue weighted by Crippen LogP contribution is -2.54. The molecule has 1 heterocycles. The molecule has 172 valence electrons. The Hall–Kier alpha value is -3.01. The number of imide groups is 2. The minimum absolute atomic E-state index is 0.00334. The van der Waals surface area contributed by atoms with Crippen molar-refractivity contribution in [3.8, 4) is 5.75 Å². The van der Waals surface area contributed by atoms with Crippen LogP contribution in [-0.4, -0.2) is 17.8 Å². The fourth-order valence-electron chi connectivity index (χ4n) is 3.21. The molecular formula is C24H14Br2ClFN2O4. The molecule has 34 heavy (non-hydrogen) atoms. The van der Waals surface area contributed by atoms with E-state index < -0.39 is 17.8 Å². The van der Waals surface area contributed by atoms with Crippen LogP contribution in [0, 0.1) is 5.82 Å². The van der Waals surface area contributed by atoms with E-state index in [1.165, 1.54) is 36.4 Å². The second kappa shape index (κ2) is 10.1. The van der Waals surface area contributed by atoms with Crippen LogP contribution in [-0.2, 0) is 16.2 Å². The van der Waals surface area contributed by atoms with Gasteiger partial charge in [0.1, 0.15) is 23.7 Å². The zero-order chi connectivity index (χ0) is 24.4. The molecule has 0 bridgehead atoms. The number of halogens is 4. The minimum Gasteiger partial charge on any atom is -0.486 e. The van der Waals surface area contributed by atoms with Crippen LogP contribution in [0.5, 0.6) is 5.75 Å². The summed E-state index contributed by atoms with van der Waals surface area (Å²) >= 11 is 12.7. The number of rotatable bonds is 5. The third-order valence-corrected chi connectivity index (χ3v) is 6.28. The number of carbonyl (C=O) groups excluding carboxylic acids is 3. The van der Waals surface area contributed by atoms with E-state index in [1.54, 1.807) is 30.3 Å². The Kier molecular flexibility index (Phi) is 7.16. The highest BCUT2D eigenvalue weighted by atomic mass is 79.9. The maximum absolute atomic E-state index is 13.9. The highest BCUT2D eigenvalue weighted by molar-refractivity contribution is 9.11. The number of amides is 4. The monoisotopic (exact) mass is 606 g/mol. The third kappa shape index (κ3) is 5.06. The van der Waals surface area contributed by atoms with Crippen molar-refractivity contribution in [3.05, 3.63) is 97.1 Å². The van der Waals surface area contributed by atoms with Crippen molar-refractivity contribution >= 4 is 73.1 Å². The first-order valence-corrected chi connectivity index (χ1v) is 11.7. The van der Waals surface area contributed by atoms with Crippen molar-refractivity contribution in [1.82, 2.24) is 5.32 Å². The van der Waals surface area contributed by atoms with Gasteiger partial charge in [-0.1, -0.05) is 29.8 Å². The van der Waals surface area contributed by atoms with E-state index >= 15 is 0 Å². The summed E-state index contributed by atoms with van der Waals surface area (Å²) in [6.07, 6.45) is 1.36. The van der Waals surface area contributed by atoms with E-state index in [1.807, 2.05) is 0 Å². The summed E-state index contributed by atoms with van der Waals surface area (Å²) in [7, 11) is 0. The lowest BCUT2D eigenvalue weighted by atomic mass is 10.1. The molecule has 4 amide bonds. The lowest BCUT2D eigenvalue weighted by molar-refractivity contribution is -0.122. The quantitative estimate of drug-likeness (QED) is 0.275. The number of anilines is 1. The first-order chi connectivity index (χ1) is 16.2. The number of hydrogen-bond acceptors (Lipinski definition) is 4. The van der Waals surface area contributed by atoms with Gasteiger partial charge in [0.2, 0.25) is 0 Å². The minimum atomic E-state index is -0.853. The van der Waals surface area contributed by atoms with Gasteiger partial charge in [-0.05, 0) is 86.0 Å². The Morgan fingerprint density at radius 3 is 2.29 bits per heavy atom. The van der Waals surface area contributed by atoms with E-state index in [-0.39, 0.29) is 23.7 Å². The number of barbiturate groups is 1. The number of nitrogens with one attached hydrogen (secondary N) is 1. The molecule has 1 aliphatic rings. The Morgan fingerprint density at radius 1 is 1.00 bits per heavy atom. The van der Waals surface area contributed by atoms with Gasteiger partial charge in [0, 0.05) is 10.6 Å². The Morgan fingerprint density at radius 2 is 1.65 bits per heavy atom. The molecule has 4 rings (SSSR count). The van der Waals surface area contributed by atoms with E-state index in [9.17, 15) is 18.8 Å². The topological polar surface area (TPSA) is 75.7 Å². The smallest absolute Gasteiger partial charge is 0.335 e. The Labute approximate surface area is 215 Å². The molecule has 0 atom stereocenters. The lowest BCUT2D eigenvalue weighted by Gasteiger charge is -2.26. The number of hydrogen-bond donors (Lipinski definition) is 1. The summed E-state index contributed by atoms with van der Waals surface area (Å²) in [5, 5.41) is 2.61. The molecule has 0 aliphatic carbocycles. The molecular weight excluding hydrogens is 595 g/mol. The van der Waals surface area contributed by atoms with Gasteiger partial charge in [-0.3, -0.25) is 14.9 Å². The molecule has 3 aromatic carbocycles. The first-order valence-electron chi connectivity index (χ1n) is 9.77. The van der Waals surface area contributed by atoms with Gasteiger partial charge in [-0.2, -0.15) is 0 Å². The molecule has 6 nitrogen and oxygen atoms in total. The molecule has 1 saturated heterocycles. The fraction of sp³-hybridized carbons (Fsp3) is 0.0417. The third-order valence-electron chi connectivity index (χ3n) is 4.85. The van der Waals surface area contributed by atoms with Crippen LogP contribution in [0.15, 0.2) is 75.2 Å². The van der Waals surface area contributed by atoms with Crippen LogP contribution >= 0.6 is 43.5 Å². The maximum atomic E-state index is 13.9. The zero-order valence-electron chi connectivity index (χ0n) is 17.2. The number of nitrogens with zero attached hydrogens (tertiary/aromatic N) is 1. The van der Waals surface area contributed by atoms with E-state index in [2.05, 4.69) is 37.2 Å². The average molecular weight is 609 g/mol. The molecule has 0 radical (unpaired) electrons. The van der Waals surface area contributed by atoms with Crippen LogP contribution in [0.2, 0.25) is 5.02 Å². The molecule has 0 spiro atoms. The summed E-state index contributed by atoms with van der Waals surface area (Å²) in [5.74, 6) is -1.55. The summed E-state index contributed by atoms with van der Waals surface area (Å²) in [6.45, 7) is 0.00334. The average Bonchev–Trinajstić information content (AvgIpc) is 2.78. The van der Waals surface area contributed by atoms with Crippen LogP contribution < -0.4 is 15.0 Å². The van der Waals surface area contributed by atoms with Crippen LogP contribution in [0.1, 0.15) is 11.1 Å². The predicted octanol–water partition coefficient (Wildman–Crippen LogP) is 6.25. The highest BCUT2D eigenvalue weighted by Crippen LogP contribution is 2.36. The Bertz CT molecular complexity index is 1320. The number of benzene rings is 3. The van der Waals surface area contributed by atoms with Crippen molar-refractivity contribution in [2.45, 2.75) is 6.61 Å². The van der Waals surface area contributed by atoms with Crippen molar-refractivity contribution in [2.24, 2.45) is 0 Å². The molecule has 10 heteroatoms. The van der Waals surface area contributed by atoms with Gasteiger partial charge in [0.05, 0.1) is 14.6 Å². The predicted molar refractivity (Wildman–Crippen MR) is 133 cm³/mol. The van der Waals surface area contributed by atoms with Crippen LogP contribution in [0.4, 0.5) is 14.9 Å². The summed E-state index contributed by atoms with van der Waals surface area (Å²) < 4.78 is 20.7.